The standard InChI is InChI=1S/C23H30ClNO/c1-18(15-19-9-3-2-4-10-19)25-16-20-11-6-8-14-23(20)26-17-21-12-5-7-13-22(21)24/h5-8,11-14,18-19,25H,2-4,9-10,15-17H2,1H3. The molecule has 1 atom stereocenters. The molecule has 3 rings (SSSR count). The van der Waals surface area contributed by atoms with Crippen LogP contribution in [0.4, 0.5) is 0 Å². The van der Waals surface area contributed by atoms with Crippen molar-refractivity contribution in [2.45, 2.75) is 64.6 Å². The van der Waals surface area contributed by atoms with Crippen molar-refractivity contribution in [1.29, 1.82) is 0 Å². The van der Waals surface area contributed by atoms with E-state index in [0.29, 0.717) is 12.6 Å². The SMILES string of the molecule is CC(CC1CCCCC1)NCc1ccccc1OCc1ccccc1Cl. The summed E-state index contributed by atoms with van der Waals surface area (Å²) in [7, 11) is 0. The van der Waals surface area contributed by atoms with Gasteiger partial charge >= 0.3 is 0 Å². The van der Waals surface area contributed by atoms with Gasteiger partial charge in [-0.05, 0) is 31.4 Å². The second kappa shape index (κ2) is 9.99. The highest BCUT2D eigenvalue weighted by Crippen LogP contribution is 2.27. The first-order valence-corrected chi connectivity index (χ1v) is 10.3. The zero-order valence-corrected chi connectivity index (χ0v) is 16.5. The Labute approximate surface area is 162 Å². The van der Waals surface area contributed by atoms with Gasteiger partial charge in [-0.25, -0.2) is 0 Å². The number of rotatable bonds is 8. The fourth-order valence-electron chi connectivity index (χ4n) is 3.85. The van der Waals surface area contributed by atoms with E-state index in [-0.39, 0.29) is 0 Å². The van der Waals surface area contributed by atoms with Crippen LogP contribution in [0.1, 0.15) is 56.6 Å². The van der Waals surface area contributed by atoms with E-state index >= 15 is 0 Å². The smallest absolute Gasteiger partial charge is 0.124 e. The Bertz CT molecular complexity index is 681. The van der Waals surface area contributed by atoms with Crippen molar-refractivity contribution in [2.24, 2.45) is 5.92 Å². The molecule has 0 aromatic heterocycles. The van der Waals surface area contributed by atoms with Crippen molar-refractivity contribution >= 4 is 11.6 Å². The van der Waals surface area contributed by atoms with Gasteiger partial charge in [-0.1, -0.05) is 80.1 Å². The lowest BCUT2D eigenvalue weighted by Gasteiger charge is -2.25. The predicted octanol–water partition coefficient (Wildman–Crippen LogP) is 6.37. The molecule has 1 saturated carbocycles. The first-order valence-electron chi connectivity index (χ1n) is 9.90. The van der Waals surface area contributed by atoms with E-state index < -0.39 is 0 Å². The average molecular weight is 372 g/mol. The summed E-state index contributed by atoms with van der Waals surface area (Å²) in [6, 6.07) is 16.7. The third-order valence-electron chi connectivity index (χ3n) is 5.37. The lowest BCUT2D eigenvalue weighted by molar-refractivity contribution is 0.294. The molecule has 1 aliphatic rings. The van der Waals surface area contributed by atoms with Gasteiger partial charge in [-0.15, -0.1) is 0 Å². The van der Waals surface area contributed by atoms with E-state index in [9.17, 15) is 0 Å². The van der Waals surface area contributed by atoms with Crippen LogP contribution in [0.25, 0.3) is 0 Å². The van der Waals surface area contributed by atoms with Crippen molar-refractivity contribution in [1.82, 2.24) is 5.32 Å². The summed E-state index contributed by atoms with van der Waals surface area (Å²) in [6.07, 6.45) is 8.34. The quantitative estimate of drug-likeness (QED) is 0.582. The van der Waals surface area contributed by atoms with Crippen LogP contribution >= 0.6 is 11.6 Å². The summed E-state index contributed by atoms with van der Waals surface area (Å²) >= 11 is 6.23. The molecule has 2 nitrogen and oxygen atoms in total. The van der Waals surface area contributed by atoms with Gasteiger partial charge in [0.2, 0.25) is 0 Å². The third kappa shape index (κ3) is 5.75. The molecule has 0 spiro atoms. The maximum Gasteiger partial charge on any atom is 0.124 e. The van der Waals surface area contributed by atoms with Gasteiger partial charge < -0.3 is 10.1 Å². The zero-order chi connectivity index (χ0) is 18.2. The van der Waals surface area contributed by atoms with Crippen molar-refractivity contribution in [3.8, 4) is 5.75 Å². The van der Waals surface area contributed by atoms with Crippen molar-refractivity contribution in [2.75, 3.05) is 0 Å². The maximum absolute atomic E-state index is 6.23. The highest BCUT2D eigenvalue weighted by Gasteiger charge is 2.16. The number of hydrogen-bond acceptors (Lipinski definition) is 2. The summed E-state index contributed by atoms with van der Waals surface area (Å²) < 4.78 is 6.06. The first-order chi connectivity index (χ1) is 12.7. The Hall–Kier alpha value is -1.51. The van der Waals surface area contributed by atoms with E-state index in [4.69, 9.17) is 16.3 Å². The highest BCUT2D eigenvalue weighted by atomic mass is 35.5. The van der Waals surface area contributed by atoms with Crippen LogP contribution < -0.4 is 10.1 Å². The minimum atomic E-state index is 0.494. The Morgan fingerprint density at radius 2 is 1.69 bits per heavy atom. The minimum Gasteiger partial charge on any atom is -0.489 e. The molecule has 140 valence electrons. The average Bonchev–Trinajstić information content (AvgIpc) is 2.67. The van der Waals surface area contributed by atoms with Gasteiger partial charge in [0, 0.05) is 28.7 Å². The molecule has 0 aliphatic heterocycles. The van der Waals surface area contributed by atoms with Crippen molar-refractivity contribution in [3.63, 3.8) is 0 Å². The monoisotopic (exact) mass is 371 g/mol. The molecule has 0 radical (unpaired) electrons. The summed E-state index contributed by atoms with van der Waals surface area (Å²) in [4.78, 5) is 0. The summed E-state index contributed by atoms with van der Waals surface area (Å²) in [5.74, 6) is 1.84. The second-order valence-corrected chi connectivity index (χ2v) is 7.92. The van der Waals surface area contributed by atoms with Gasteiger partial charge in [0.05, 0.1) is 0 Å². The van der Waals surface area contributed by atoms with Gasteiger partial charge in [0.25, 0.3) is 0 Å². The topological polar surface area (TPSA) is 21.3 Å². The molecule has 1 fully saturated rings. The van der Waals surface area contributed by atoms with Gasteiger partial charge in [-0.3, -0.25) is 0 Å². The molecule has 0 heterocycles. The number of para-hydroxylation sites is 1. The number of benzene rings is 2. The van der Waals surface area contributed by atoms with Crippen LogP contribution in [-0.4, -0.2) is 6.04 Å². The van der Waals surface area contributed by atoms with Crippen LogP contribution in [0.3, 0.4) is 0 Å². The van der Waals surface area contributed by atoms with Crippen LogP contribution in [0.2, 0.25) is 5.02 Å². The van der Waals surface area contributed by atoms with E-state index in [1.54, 1.807) is 0 Å². The molecule has 2 aromatic rings. The first kappa shape index (κ1) is 19.3. The Morgan fingerprint density at radius 1 is 1.00 bits per heavy atom. The van der Waals surface area contributed by atoms with Crippen molar-refractivity contribution in [3.05, 3.63) is 64.7 Å². The molecule has 3 heteroatoms. The zero-order valence-electron chi connectivity index (χ0n) is 15.7. The van der Waals surface area contributed by atoms with Gasteiger partial charge in [0.1, 0.15) is 12.4 Å². The van der Waals surface area contributed by atoms with Crippen LogP contribution in [-0.2, 0) is 13.2 Å². The minimum absolute atomic E-state index is 0.494. The van der Waals surface area contributed by atoms with Gasteiger partial charge in [0.15, 0.2) is 0 Å². The fourth-order valence-corrected chi connectivity index (χ4v) is 4.04. The van der Waals surface area contributed by atoms with Gasteiger partial charge in [-0.2, -0.15) is 0 Å². The van der Waals surface area contributed by atoms with E-state index in [1.807, 2.05) is 36.4 Å². The molecule has 0 saturated heterocycles. The lowest BCUT2D eigenvalue weighted by Crippen LogP contribution is -2.28. The molecular weight excluding hydrogens is 342 g/mol. The van der Waals surface area contributed by atoms with E-state index in [1.165, 1.54) is 44.1 Å². The number of ether oxygens (including phenoxy) is 1. The number of nitrogens with one attached hydrogen (secondary N) is 1. The Balaban J connectivity index is 1.52. The van der Waals surface area contributed by atoms with E-state index in [0.717, 1.165) is 28.8 Å². The van der Waals surface area contributed by atoms with Crippen LogP contribution in [0.15, 0.2) is 48.5 Å². The normalized spacial score (nSPS) is 16.4. The maximum atomic E-state index is 6.23. The number of halogens is 1. The van der Waals surface area contributed by atoms with Crippen LogP contribution in [0.5, 0.6) is 5.75 Å². The molecule has 2 aromatic carbocycles. The van der Waals surface area contributed by atoms with Crippen molar-refractivity contribution < 1.29 is 4.74 Å². The molecule has 0 amide bonds. The summed E-state index contributed by atoms with van der Waals surface area (Å²) in [5.41, 5.74) is 2.22. The molecular formula is C23H30ClNO. The molecule has 26 heavy (non-hydrogen) atoms. The largest absolute Gasteiger partial charge is 0.489 e. The fraction of sp³-hybridized carbons (Fsp3) is 0.478. The highest BCUT2D eigenvalue weighted by molar-refractivity contribution is 6.31. The molecule has 0 bridgehead atoms. The third-order valence-corrected chi connectivity index (χ3v) is 5.73. The second-order valence-electron chi connectivity index (χ2n) is 7.51. The Morgan fingerprint density at radius 3 is 2.46 bits per heavy atom. The lowest BCUT2D eigenvalue weighted by atomic mass is 9.85. The van der Waals surface area contributed by atoms with E-state index in [2.05, 4.69) is 24.4 Å². The summed E-state index contributed by atoms with van der Waals surface area (Å²) in [6.45, 7) is 3.64. The number of hydrogen-bond donors (Lipinski definition) is 1. The predicted molar refractivity (Wildman–Crippen MR) is 110 cm³/mol. The molecule has 1 aliphatic carbocycles. The molecule has 1 N–H and O–H groups in total. The Kier molecular flexibility index (Phi) is 7.40. The van der Waals surface area contributed by atoms with Crippen LogP contribution in [0, 0.1) is 5.92 Å². The molecule has 1 unspecified atom stereocenters. The summed E-state index contributed by atoms with van der Waals surface area (Å²) in [5, 5.41) is 4.44.